The van der Waals surface area contributed by atoms with Crippen molar-refractivity contribution in [1.29, 1.82) is 0 Å². The van der Waals surface area contributed by atoms with Gasteiger partial charge in [0.15, 0.2) is 0 Å². The Morgan fingerprint density at radius 2 is 0.804 bits per heavy atom. The molecule has 0 radical (unpaired) electrons. The molecule has 0 saturated heterocycles. The van der Waals surface area contributed by atoms with Crippen molar-refractivity contribution >= 4 is 74.6 Å². The van der Waals surface area contributed by atoms with Gasteiger partial charge in [0, 0.05) is 25.7 Å². The first-order chi connectivity index (χ1) is 25.0. The largest absolute Gasteiger partial charge is 0.135 e. The minimum atomic E-state index is 0.00536. The van der Waals surface area contributed by atoms with Crippen LogP contribution in [0.2, 0.25) is 0 Å². The quantitative estimate of drug-likeness (QED) is 0.164. The Morgan fingerprint density at radius 3 is 1.33 bits per heavy atom. The monoisotopic (exact) mass is 668 g/mol. The molecule has 10 rings (SSSR count). The average Bonchev–Trinajstić information content (AvgIpc) is 3.54. The lowest BCUT2D eigenvalue weighted by Gasteiger charge is -2.26. The second-order valence-electron chi connectivity index (χ2n) is 14.8. The Bertz CT molecular complexity index is 2880. The van der Waals surface area contributed by atoms with Crippen molar-refractivity contribution in [3.05, 3.63) is 169 Å². The van der Waals surface area contributed by atoms with E-state index in [4.69, 9.17) is 0 Å². The summed E-state index contributed by atoms with van der Waals surface area (Å²) in [5.74, 6) is 0. The normalized spacial score (nSPS) is 12.2. The molecule has 0 unspecified atom stereocenters. The lowest BCUT2D eigenvalue weighted by atomic mass is 9.78. The fourth-order valence-corrected chi connectivity index (χ4v) is 9.94. The van der Waals surface area contributed by atoms with Gasteiger partial charge in [0.1, 0.15) is 0 Å². The van der Waals surface area contributed by atoms with Gasteiger partial charge in [-0.25, -0.2) is 0 Å². The van der Waals surface area contributed by atoms with E-state index in [1.54, 1.807) is 0 Å². The second-order valence-corrected chi connectivity index (χ2v) is 15.8. The second kappa shape index (κ2) is 11.4. The van der Waals surface area contributed by atoms with Crippen molar-refractivity contribution in [2.45, 2.75) is 26.2 Å². The van der Waals surface area contributed by atoms with Gasteiger partial charge in [-0.15, -0.1) is 11.3 Å². The van der Waals surface area contributed by atoms with Crippen LogP contribution >= 0.6 is 11.3 Å². The molecule has 0 N–H and O–H groups in total. The molecule has 0 atom stereocenters. The Hall–Kier alpha value is -5.76. The van der Waals surface area contributed by atoms with E-state index >= 15 is 0 Å². The first-order valence-corrected chi connectivity index (χ1v) is 18.7. The van der Waals surface area contributed by atoms with E-state index in [-0.39, 0.29) is 5.41 Å². The fourth-order valence-electron chi connectivity index (χ4n) is 8.73. The van der Waals surface area contributed by atoms with Gasteiger partial charge in [0.25, 0.3) is 0 Å². The molecule has 0 spiro atoms. The van der Waals surface area contributed by atoms with E-state index < -0.39 is 0 Å². The third-order valence-electron chi connectivity index (χ3n) is 10.7. The zero-order valence-electron chi connectivity index (χ0n) is 29.0. The molecule has 242 valence electrons. The number of hydrogen-bond acceptors (Lipinski definition) is 1. The molecule has 1 aromatic heterocycles. The Kier molecular flexibility index (Phi) is 6.72. The van der Waals surface area contributed by atoms with Crippen molar-refractivity contribution in [2.24, 2.45) is 0 Å². The number of thiophene rings is 1. The molecule has 9 aromatic carbocycles. The van der Waals surface area contributed by atoms with Gasteiger partial charge < -0.3 is 0 Å². The summed E-state index contributed by atoms with van der Waals surface area (Å²) in [6, 6.07) is 60.9. The minimum Gasteiger partial charge on any atom is -0.135 e. The summed E-state index contributed by atoms with van der Waals surface area (Å²) >= 11 is 1.92. The molecule has 0 aliphatic heterocycles. The highest BCUT2D eigenvalue weighted by molar-refractivity contribution is 7.26. The van der Waals surface area contributed by atoms with Gasteiger partial charge in [0.2, 0.25) is 0 Å². The molecule has 51 heavy (non-hydrogen) atoms. The third-order valence-corrected chi connectivity index (χ3v) is 12.0. The maximum absolute atomic E-state index is 2.45. The van der Waals surface area contributed by atoms with Crippen LogP contribution in [0.3, 0.4) is 0 Å². The minimum absolute atomic E-state index is 0.00536. The average molecular weight is 669 g/mol. The summed E-state index contributed by atoms with van der Waals surface area (Å²) < 4.78 is 2.66. The van der Waals surface area contributed by atoms with Crippen LogP contribution in [0.5, 0.6) is 0 Å². The third kappa shape index (κ3) is 4.58. The first-order valence-electron chi connectivity index (χ1n) is 17.9. The lowest BCUT2D eigenvalue weighted by molar-refractivity contribution is 0.601. The van der Waals surface area contributed by atoms with Crippen LogP contribution in [-0.2, 0) is 5.41 Å². The van der Waals surface area contributed by atoms with Gasteiger partial charge in [0.05, 0.1) is 0 Å². The number of hydrogen-bond donors (Lipinski definition) is 0. The van der Waals surface area contributed by atoms with Crippen LogP contribution in [0, 0.1) is 0 Å². The zero-order chi connectivity index (χ0) is 34.3. The van der Waals surface area contributed by atoms with Crippen LogP contribution < -0.4 is 0 Å². The smallest absolute Gasteiger partial charge is 0.0434 e. The van der Waals surface area contributed by atoms with E-state index in [0.717, 1.165) is 0 Å². The molecule has 0 amide bonds. The van der Waals surface area contributed by atoms with Crippen molar-refractivity contribution in [3.63, 3.8) is 0 Å². The fraction of sp³-hybridized carbons (Fsp3) is 0.0800. The van der Waals surface area contributed by atoms with Gasteiger partial charge in [-0.1, -0.05) is 172 Å². The molecule has 0 nitrogen and oxygen atoms in total. The van der Waals surface area contributed by atoms with Crippen LogP contribution in [0.1, 0.15) is 26.3 Å². The molecular weight excluding hydrogens is 633 g/mol. The first kappa shape index (κ1) is 30.1. The standard InChI is InChI=1S/C50H36S/c1-50(2,3)48-39-24-13-11-22-37(39)47(38-23-12-14-25-40(38)48)42-27-15-26-41-43-30-32(28-29-44(43)51-49(41)42)46-35-20-9-7-18-33(35)45(31-16-5-4-6-17-31)34-19-8-10-21-36(34)46/h4-30H,1-3H3. The van der Waals surface area contributed by atoms with Crippen molar-refractivity contribution in [3.8, 4) is 33.4 Å². The van der Waals surface area contributed by atoms with Gasteiger partial charge in [-0.05, 0) is 94.0 Å². The molecule has 0 saturated carbocycles. The molecule has 10 aromatic rings. The van der Waals surface area contributed by atoms with Crippen LogP contribution in [0.4, 0.5) is 0 Å². The van der Waals surface area contributed by atoms with Gasteiger partial charge in [-0.2, -0.15) is 0 Å². The van der Waals surface area contributed by atoms with Crippen molar-refractivity contribution in [2.75, 3.05) is 0 Å². The predicted molar refractivity (Wildman–Crippen MR) is 224 cm³/mol. The highest BCUT2D eigenvalue weighted by Crippen LogP contribution is 2.49. The summed E-state index contributed by atoms with van der Waals surface area (Å²) in [4.78, 5) is 0. The van der Waals surface area contributed by atoms with E-state index in [0.29, 0.717) is 0 Å². The van der Waals surface area contributed by atoms with E-state index in [9.17, 15) is 0 Å². The molecule has 1 heteroatoms. The summed E-state index contributed by atoms with van der Waals surface area (Å²) in [6.07, 6.45) is 0. The molecular formula is C50H36S. The molecule has 1 heterocycles. The predicted octanol–water partition coefficient (Wildman–Crippen LogP) is 15.0. The summed E-state index contributed by atoms with van der Waals surface area (Å²) in [5.41, 5.74) is 9.17. The summed E-state index contributed by atoms with van der Waals surface area (Å²) in [6.45, 7) is 7.02. The number of rotatable bonds is 3. The van der Waals surface area contributed by atoms with E-state index in [1.165, 1.54) is 102 Å². The van der Waals surface area contributed by atoms with Crippen molar-refractivity contribution in [1.82, 2.24) is 0 Å². The molecule has 0 aliphatic rings. The molecule has 0 bridgehead atoms. The van der Waals surface area contributed by atoms with Crippen LogP contribution in [0.25, 0.3) is 96.6 Å². The van der Waals surface area contributed by atoms with E-state index in [1.807, 2.05) is 11.3 Å². The summed E-state index contributed by atoms with van der Waals surface area (Å²) in [5, 5.41) is 13.1. The molecule has 0 fully saturated rings. The highest BCUT2D eigenvalue weighted by atomic mass is 32.1. The molecule has 0 aliphatic carbocycles. The van der Waals surface area contributed by atoms with Crippen LogP contribution in [0.15, 0.2) is 164 Å². The Labute approximate surface area is 302 Å². The Balaban J connectivity index is 1.26. The SMILES string of the molecule is CC(C)(C)c1c2ccccc2c(-c2cccc3c2sc2ccc(-c4c5ccccc5c(-c5ccccc5)c5ccccc45)cc23)c2ccccc12. The maximum atomic E-state index is 2.45. The van der Waals surface area contributed by atoms with E-state index in [2.05, 4.69) is 185 Å². The van der Waals surface area contributed by atoms with Gasteiger partial charge >= 0.3 is 0 Å². The lowest BCUT2D eigenvalue weighted by Crippen LogP contribution is -2.13. The highest BCUT2D eigenvalue weighted by Gasteiger charge is 2.25. The Morgan fingerprint density at radius 1 is 0.353 bits per heavy atom. The topological polar surface area (TPSA) is 0 Å². The number of benzene rings is 9. The van der Waals surface area contributed by atoms with Gasteiger partial charge in [-0.3, -0.25) is 0 Å². The number of fused-ring (bicyclic) bond motifs is 7. The van der Waals surface area contributed by atoms with Crippen LogP contribution in [-0.4, -0.2) is 0 Å². The summed E-state index contributed by atoms with van der Waals surface area (Å²) in [7, 11) is 0. The zero-order valence-corrected chi connectivity index (χ0v) is 29.8. The maximum Gasteiger partial charge on any atom is 0.0434 e. The van der Waals surface area contributed by atoms with Crippen molar-refractivity contribution < 1.29 is 0 Å².